The summed E-state index contributed by atoms with van der Waals surface area (Å²) in [5.41, 5.74) is 0.702. The number of rotatable bonds is 6. The lowest BCUT2D eigenvalue weighted by Crippen LogP contribution is -2.21. The zero-order chi connectivity index (χ0) is 12.0. The third kappa shape index (κ3) is 3.89. The van der Waals surface area contributed by atoms with Crippen LogP contribution in [0.4, 0.5) is 8.78 Å². The number of benzene rings is 1. The molecule has 0 aromatic heterocycles. The van der Waals surface area contributed by atoms with Crippen molar-refractivity contribution in [3.8, 4) is 0 Å². The number of unbranched alkanes of at least 4 members (excludes halogenated alkanes) is 1. The van der Waals surface area contributed by atoms with Gasteiger partial charge in [0, 0.05) is 12.1 Å². The van der Waals surface area contributed by atoms with Gasteiger partial charge in [0.05, 0.1) is 0 Å². The standard InChI is InChI=1S/C13H19F2N/c1-3-5-6-13(16-4-2)10-7-11(14)9-12(15)8-10/h7-9,13,16H,3-6H2,1-2H3. The van der Waals surface area contributed by atoms with Gasteiger partial charge in [0.1, 0.15) is 11.6 Å². The van der Waals surface area contributed by atoms with E-state index in [9.17, 15) is 8.78 Å². The smallest absolute Gasteiger partial charge is 0.126 e. The van der Waals surface area contributed by atoms with Gasteiger partial charge in [-0.15, -0.1) is 0 Å². The van der Waals surface area contributed by atoms with E-state index >= 15 is 0 Å². The zero-order valence-corrected chi connectivity index (χ0v) is 9.89. The van der Waals surface area contributed by atoms with Crippen LogP contribution in [0.15, 0.2) is 18.2 Å². The molecule has 0 saturated carbocycles. The highest BCUT2D eigenvalue weighted by molar-refractivity contribution is 5.21. The molecule has 3 heteroatoms. The Bertz CT molecular complexity index is 305. The first-order chi connectivity index (χ1) is 7.67. The summed E-state index contributed by atoms with van der Waals surface area (Å²) >= 11 is 0. The summed E-state index contributed by atoms with van der Waals surface area (Å²) in [6.45, 7) is 4.90. The SMILES string of the molecule is CCCCC(NCC)c1cc(F)cc(F)c1. The normalized spacial score (nSPS) is 12.8. The topological polar surface area (TPSA) is 12.0 Å². The van der Waals surface area contributed by atoms with Gasteiger partial charge in [0.2, 0.25) is 0 Å². The van der Waals surface area contributed by atoms with Crippen LogP contribution in [0.5, 0.6) is 0 Å². The second-order valence-electron chi connectivity index (χ2n) is 3.96. The van der Waals surface area contributed by atoms with Gasteiger partial charge < -0.3 is 5.32 Å². The van der Waals surface area contributed by atoms with Crippen LogP contribution in [0.25, 0.3) is 0 Å². The number of hydrogen-bond donors (Lipinski definition) is 1. The average molecular weight is 227 g/mol. The van der Waals surface area contributed by atoms with E-state index in [2.05, 4.69) is 12.2 Å². The van der Waals surface area contributed by atoms with Crippen molar-refractivity contribution < 1.29 is 8.78 Å². The maximum absolute atomic E-state index is 13.1. The van der Waals surface area contributed by atoms with E-state index in [0.29, 0.717) is 5.56 Å². The molecule has 0 aliphatic rings. The lowest BCUT2D eigenvalue weighted by atomic mass is 10.0. The Morgan fingerprint density at radius 1 is 1.12 bits per heavy atom. The average Bonchev–Trinajstić information content (AvgIpc) is 2.22. The first-order valence-electron chi connectivity index (χ1n) is 5.86. The summed E-state index contributed by atoms with van der Waals surface area (Å²) in [6.07, 6.45) is 3.04. The van der Waals surface area contributed by atoms with Crippen LogP contribution in [0.2, 0.25) is 0 Å². The largest absolute Gasteiger partial charge is 0.310 e. The molecule has 0 amide bonds. The van der Waals surface area contributed by atoms with Gasteiger partial charge in [0.15, 0.2) is 0 Å². The molecule has 90 valence electrons. The minimum atomic E-state index is -0.505. The van der Waals surface area contributed by atoms with E-state index in [4.69, 9.17) is 0 Å². The van der Waals surface area contributed by atoms with E-state index in [1.54, 1.807) is 0 Å². The van der Waals surface area contributed by atoms with Crippen molar-refractivity contribution in [1.82, 2.24) is 5.32 Å². The quantitative estimate of drug-likeness (QED) is 0.779. The van der Waals surface area contributed by atoms with Crippen LogP contribution in [-0.2, 0) is 0 Å². The molecule has 1 aromatic rings. The van der Waals surface area contributed by atoms with Crippen LogP contribution in [0.1, 0.15) is 44.7 Å². The minimum absolute atomic E-state index is 0.0511. The predicted molar refractivity (Wildman–Crippen MR) is 62.3 cm³/mol. The molecule has 0 radical (unpaired) electrons. The van der Waals surface area contributed by atoms with E-state index in [0.717, 1.165) is 31.9 Å². The van der Waals surface area contributed by atoms with Crippen LogP contribution in [-0.4, -0.2) is 6.54 Å². The van der Waals surface area contributed by atoms with Crippen molar-refractivity contribution in [2.75, 3.05) is 6.54 Å². The molecular weight excluding hydrogens is 208 g/mol. The summed E-state index contributed by atoms with van der Waals surface area (Å²) in [4.78, 5) is 0. The summed E-state index contributed by atoms with van der Waals surface area (Å²) in [5, 5.41) is 3.25. The van der Waals surface area contributed by atoms with Crippen LogP contribution >= 0.6 is 0 Å². The highest BCUT2D eigenvalue weighted by Gasteiger charge is 2.11. The summed E-state index contributed by atoms with van der Waals surface area (Å²) in [7, 11) is 0. The molecule has 0 fully saturated rings. The summed E-state index contributed by atoms with van der Waals surface area (Å²) in [5.74, 6) is -1.01. The Morgan fingerprint density at radius 3 is 2.25 bits per heavy atom. The first-order valence-corrected chi connectivity index (χ1v) is 5.86. The lowest BCUT2D eigenvalue weighted by molar-refractivity contribution is 0.486. The fourth-order valence-electron chi connectivity index (χ4n) is 1.82. The zero-order valence-electron chi connectivity index (χ0n) is 9.89. The molecule has 1 nitrogen and oxygen atoms in total. The van der Waals surface area contributed by atoms with Gasteiger partial charge in [-0.3, -0.25) is 0 Å². The molecule has 0 spiro atoms. The Hall–Kier alpha value is -0.960. The summed E-state index contributed by atoms with van der Waals surface area (Å²) in [6, 6.07) is 3.78. The molecular formula is C13H19F2N. The van der Waals surface area contributed by atoms with Gasteiger partial charge in [-0.05, 0) is 30.7 Å². The van der Waals surface area contributed by atoms with E-state index in [1.807, 2.05) is 6.92 Å². The predicted octanol–water partition coefficient (Wildman–Crippen LogP) is 3.81. The van der Waals surface area contributed by atoms with E-state index in [1.165, 1.54) is 12.1 Å². The second-order valence-corrected chi connectivity index (χ2v) is 3.96. The Labute approximate surface area is 95.9 Å². The fraction of sp³-hybridized carbons (Fsp3) is 0.538. The van der Waals surface area contributed by atoms with Gasteiger partial charge in [-0.1, -0.05) is 26.7 Å². The Balaban J connectivity index is 2.82. The van der Waals surface area contributed by atoms with Crippen molar-refractivity contribution >= 4 is 0 Å². The molecule has 1 N–H and O–H groups in total. The van der Waals surface area contributed by atoms with Crippen LogP contribution < -0.4 is 5.32 Å². The van der Waals surface area contributed by atoms with Crippen molar-refractivity contribution in [3.05, 3.63) is 35.4 Å². The maximum atomic E-state index is 13.1. The molecule has 0 bridgehead atoms. The fourth-order valence-corrected chi connectivity index (χ4v) is 1.82. The monoisotopic (exact) mass is 227 g/mol. The molecule has 0 aliphatic carbocycles. The highest BCUT2D eigenvalue weighted by Crippen LogP contribution is 2.21. The first kappa shape index (κ1) is 13.1. The van der Waals surface area contributed by atoms with Crippen molar-refractivity contribution in [1.29, 1.82) is 0 Å². The molecule has 0 aliphatic heterocycles. The second kappa shape index (κ2) is 6.59. The Morgan fingerprint density at radius 2 is 1.75 bits per heavy atom. The minimum Gasteiger partial charge on any atom is -0.310 e. The van der Waals surface area contributed by atoms with Crippen molar-refractivity contribution in [3.63, 3.8) is 0 Å². The molecule has 16 heavy (non-hydrogen) atoms. The molecule has 1 unspecified atom stereocenters. The molecule has 0 saturated heterocycles. The van der Waals surface area contributed by atoms with Gasteiger partial charge >= 0.3 is 0 Å². The molecule has 1 rings (SSSR count). The van der Waals surface area contributed by atoms with Crippen LogP contribution in [0.3, 0.4) is 0 Å². The van der Waals surface area contributed by atoms with Gasteiger partial charge in [0.25, 0.3) is 0 Å². The number of hydrogen-bond acceptors (Lipinski definition) is 1. The van der Waals surface area contributed by atoms with E-state index in [-0.39, 0.29) is 6.04 Å². The Kier molecular flexibility index (Phi) is 5.39. The van der Waals surface area contributed by atoms with E-state index < -0.39 is 11.6 Å². The third-order valence-electron chi connectivity index (χ3n) is 2.58. The maximum Gasteiger partial charge on any atom is 0.126 e. The van der Waals surface area contributed by atoms with Crippen molar-refractivity contribution in [2.45, 2.75) is 39.2 Å². The highest BCUT2D eigenvalue weighted by atomic mass is 19.1. The molecule has 1 aromatic carbocycles. The van der Waals surface area contributed by atoms with Crippen LogP contribution in [0, 0.1) is 11.6 Å². The van der Waals surface area contributed by atoms with Crippen molar-refractivity contribution in [2.24, 2.45) is 0 Å². The third-order valence-corrected chi connectivity index (χ3v) is 2.58. The molecule has 1 atom stereocenters. The van der Waals surface area contributed by atoms with Gasteiger partial charge in [-0.25, -0.2) is 8.78 Å². The number of halogens is 2. The lowest BCUT2D eigenvalue weighted by Gasteiger charge is -2.18. The molecule has 0 heterocycles. The summed E-state index contributed by atoms with van der Waals surface area (Å²) < 4.78 is 26.2. The van der Waals surface area contributed by atoms with Gasteiger partial charge in [-0.2, -0.15) is 0 Å². The number of nitrogens with one attached hydrogen (secondary N) is 1.